The number of fused-ring (bicyclic) bond motifs is 1. The first-order valence-corrected chi connectivity index (χ1v) is 6.76. The van der Waals surface area contributed by atoms with Gasteiger partial charge in [0.15, 0.2) is 5.65 Å². The van der Waals surface area contributed by atoms with Crippen LogP contribution in [-0.2, 0) is 0 Å². The summed E-state index contributed by atoms with van der Waals surface area (Å²) in [6.45, 7) is 5.74. The van der Waals surface area contributed by atoms with Gasteiger partial charge in [0.1, 0.15) is 11.5 Å². The zero-order chi connectivity index (χ0) is 13.9. The van der Waals surface area contributed by atoms with Gasteiger partial charge in [0, 0.05) is 32.5 Å². The molecule has 1 saturated heterocycles. The highest BCUT2D eigenvalue weighted by atomic mass is 15.3. The van der Waals surface area contributed by atoms with E-state index in [4.69, 9.17) is 4.98 Å². The Hall–Kier alpha value is -2.37. The van der Waals surface area contributed by atoms with E-state index in [0.29, 0.717) is 0 Å². The van der Waals surface area contributed by atoms with Crippen molar-refractivity contribution in [1.82, 2.24) is 14.6 Å². The molecule has 0 aromatic carbocycles. The molecule has 1 fully saturated rings. The van der Waals surface area contributed by atoms with Crippen LogP contribution in [0, 0.1) is 0 Å². The largest absolute Gasteiger partial charge is 0.356 e. The maximum Gasteiger partial charge on any atom is 0.181 e. The van der Waals surface area contributed by atoms with Gasteiger partial charge in [-0.05, 0) is 18.9 Å². The Labute approximate surface area is 118 Å². The lowest BCUT2D eigenvalue weighted by atomic mass is 10.4. The minimum atomic E-state index is 0.840. The molecule has 1 aliphatic heterocycles. The van der Waals surface area contributed by atoms with Gasteiger partial charge in [0.2, 0.25) is 0 Å². The normalized spacial score (nSPS) is 15.3. The maximum absolute atomic E-state index is 4.74. The second kappa shape index (κ2) is 5.32. The van der Waals surface area contributed by atoms with Crippen LogP contribution in [0.2, 0.25) is 0 Å². The Bertz CT molecular complexity index is 638. The van der Waals surface area contributed by atoms with Crippen LogP contribution in [0.3, 0.4) is 0 Å². The number of aromatic nitrogens is 3. The fourth-order valence-electron chi connectivity index (χ4n) is 2.43. The summed E-state index contributed by atoms with van der Waals surface area (Å²) in [4.78, 5) is 13.0. The zero-order valence-corrected chi connectivity index (χ0v) is 11.6. The van der Waals surface area contributed by atoms with E-state index >= 15 is 0 Å². The van der Waals surface area contributed by atoms with Crippen LogP contribution in [0.5, 0.6) is 0 Å². The van der Waals surface area contributed by atoms with E-state index in [-0.39, 0.29) is 0 Å². The van der Waals surface area contributed by atoms with Crippen molar-refractivity contribution in [2.24, 2.45) is 4.99 Å². The molecular weight excluding hydrogens is 252 g/mol. The number of hydrogen-bond donors (Lipinski definition) is 0. The predicted octanol–water partition coefficient (Wildman–Crippen LogP) is 1.94. The molecule has 20 heavy (non-hydrogen) atoms. The highest BCUT2D eigenvalue weighted by molar-refractivity contribution is 5.85. The molecule has 3 rings (SSSR count). The van der Waals surface area contributed by atoms with Gasteiger partial charge >= 0.3 is 0 Å². The van der Waals surface area contributed by atoms with E-state index in [1.165, 1.54) is 19.0 Å². The second-order valence-corrected chi connectivity index (χ2v) is 4.84. The lowest BCUT2D eigenvalue weighted by Crippen LogP contribution is -2.19. The Morgan fingerprint density at radius 1 is 1.40 bits per heavy atom. The quantitative estimate of drug-likeness (QED) is 0.629. The minimum Gasteiger partial charge on any atom is -0.356 e. The molecule has 3 heterocycles. The van der Waals surface area contributed by atoms with Crippen LogP contribution >= 0.6 is 0 Å². The first-order chi connectivity index (χ1) is 9.79. The monoisotopic (exact) mass is 270 g/mol. The first kappa shape index (κ1) is 12.7. The summed E-state index contributed by atoms with van der Waals surface area (Å²) in [6.07, 6.45) is 9.44. The summed E-state index contributed by atoms with van der Waals surface area (Å²) in [5.41, 5.74) is 1.77. The van der Waals surface area contributed by atoms with Crippen LogP contribution in [0.4, 0.5) is 11.5 Å². The summed E-state index contributed by atoms with van der Waals surface area (Å²) >= 11 is 0. The molecule has 6 nitrogen and oxygen atoms in total. The SMILES string of the molecule is C=CN=CN(C)c1cnn2ccc(N3CCCC3)nc12. The first-order valence-electron chi connectivity index (χ1n) is 6.76. The summed E-state index contributed by atoms with van der Waals surface area (Å²) in [7, 11) is 1.92. The molecule has 2 aromatic heterocycles. The molecule has 0 bridgehead atoms. The Morgan fingerprint density at radius 3 is 2.95 bits per heavy atom. The van der Waals surface area contributed by atoms with E-state index in [1.807, 2.05) is 24.2 Å². The molecular formula is C14H18N6. The van der Waals surface area contributed by atoms with Gasteiger partial charge in [-0.1, -0.05) is 6.58 Å². The second-order valence-electron chi connectivity index (χ2n) is 4.84. The van der Waals surface area contributed by atoms with Crippen molar-refractivity contribution in [1.29, 1.82) is 0 Å². The molecule has 1 aliphatic rings. The van der Waals surface area contributed by atoms with Crippen LogP contribution in [0.25, 0.3) is 5.65 Å². The number of nitrogens with zero attached hydrogens (tertiary/aromatic N) is 6. The highest BCUT2D eigenvalue weighted by Crippen LogP contribution is 2.22. The van der Waals surface area contributed by atoms with Crippen LogP contribution in [0.15, 0.2) is 36.2 Å². The van der Waals surface area contributed by atoms with Crippen molar-refractivity contribution in [3.05, 3.63) is 31.2 Å². The highest BCUT2D eigenvalue weighted by Gasteiger charge is 2.16. The molecule has 0 saturated carbocycles. The number of anilines is 2. The Balaban J connectivity index is 1.98. The van der Waals surface area contributed by atoms with Gasteiger partial charge < -0.3 is 9.80 Å². The van der Waals surface area contributed by atoms with Gasteiger partial charge in [-0.25, -0.2) is 14.5 Å². The number of aliphatic imine (C=N–C) groups is 1. The smallest absolute Gasteiger partial charge is 0.181 e. The Morgan fingerprint density at radius 2 is 2.20 bits per heavy atom. The van der Waals surface area contributed by atoms with Crippen molar-refractivity contribution in [3.8, 4) is 0 Å². The fourth-order valence-corrected chi connectivity index (χ4v) is 2.43. The fraction of sp³-hybridized carbons (Fsp3) is 0.357. The number of hydrogen-bond acceptors (Lipinski definition) is 4. The Kier molecular flexibility index (Phi) is 3.37. The standard InChI is InChI=1S/C14H18N6/c1-3-15-11-18(2)12-10-16-20-9-6-13(17-14(12)20)19-7-4-5-8-19/h3,6,9-11H,1,4-5,7-8H2,2H3. The summed E-state index contributed by atoms with van der Waals surface area (Å²) in [5, 5.41) is 4.32. The molecule has 0 spiro atoms. The molecule has 0 unspecified atom stereocenters. The van der Waals surface area contributed by atoms with Gasteiger partial charge in [-0.15, -0.1) is 0 Å². The van der Waals surface area contributed by atoms with E-state index in [9.17, 15) is 0 Å². The molecule has 2 aromatic rings. The molecule has 104 valence electrons. The van der Waals surface area contributed by atoms with E-state index in [2.05, 4.69) is 21.6 Å². The molecule has 0 N–H and O–H groups in total. The molecule has 0 amide bonds. The third-order valence-electron chi connectivity index (χ3n) is 3.49. The van der Waals surface area contributed by atoms with Gasteiger partial charge in [-0.3, -0.25) is 0 Å². The van der Waals surface area contributed by atoms with Gasteiger partial charge in [0.25, 0.3) is 0 Å². The van der Waals surface area contributed by atoms with Crippen molar-refractivity contribution in [2.75, 3.05) is 29.9 Å². The molecule has 6 heteroatoms. The van der Waals surface area contributed by atoms with E-state index in [0.717, 1.165) is 30.2 Å². The van der Waals surface area contributed by atoms with Crippen molar-refractivity contribution in [3.63, 3.8) is 0 Å². The molecule has 0 radical (unpaired) electrons. The zero-order valence-electron chi connectivity index (χ0n) is 11.6. The van der Waals surface area contributed by atoms with Crippen LogP contribution in [-0.4, -0.2) is 41.1 Å². The summed E-state index contributed by atoms with van der Waals surface area (Å²) in [6, 6.07) is 2.02. The molecule has 0 atom stereocenters. The van der Waals surface area contributed by atoms with Crippen molar-refractivity contribution < 1.29 is 0 Å². The topological polar surface area (TPSA) is 49.0 Å². The summed E-state index contributed by atoms with van der Waals surface area (Å²) in [5.74, 6) is 1.02. The van der Waals surface area contributed by atoms with E-state index in [1.54, 1.807) is 17.1 Å². The predicted molar refractivity (Wildman–Crippen MR) is 81.5 cm³/mol. The minimum absolute atomic E-state index is 0.840. The van der Waals surface area contributed by atoms with Crippen molar-refractivity contribution in [2.45, 2.75) is 12.8 Å². The van der Waals surface area contributed by atoms with Crippen LogP contribution in [0.1, 0.15) is 12.8 Å². The van der Waals surface area contributed by atoms with Crippen LogP contribution < -0.4 is 9.80 Å². The lowest BCUT2D eigenvalue weighted by Gasteiger charge is -2.17. The van der Waals surface area contributed by atoms with E-state index < -0.39 is 0 Å². The third kappa shape index (κ3) is 2.24. The van der Waals surface area contributed by atoms with Gasteiger partial charge in [0.05, 0.1) is 12.5 Å². The lowest BCUT2D eigenvalue weighted by molar-refractivity contribution is 0.898. The average molecular weight is 270 g/mol. The van der Waals surface area contributed by atoms with Crippen molar-refractivity contribution >= 4 is 23.5 Å². The summed E-state index contributed by atoms with van der Waals surface area (Å²) < 4.78 is 1.78. The molecule has 0 aliphatic carbocycles. The average Bonchev–Trinajstić information content (AvgIpc) is 3.12. The van der Waals surface area contributed by atoms with Gasteiger partial charge in [-0.2, -0.15) is 5.10 Å². The maximum atomic E-state index is 4.74. The number of rotatable bonds is 4. The third-order valence-corrected chi connectivity index (χ3v) is 3.49.